The largest absolute Gasteiger partial charge is 0.398 e. The normalized spacial score (nSPS) is 13.5. The molecule has 0 aromatic heterocycles. The van der Waals surface area contributed by atoms with Crippen LogP contribution in [0.5, 0.6) is 0 Å². The standard InChI is InChI=1S/C12H19FN2O2S2/c1-8(7-18-3)6-15-19(16,17)10-4-11(13)9(2)12(14)5-10/h4-5,8,15H,6-7,14H2,1-3H3. The van der Waals surface area contributed by atoms with Crippen LogP contribution < -0.4 is 10.5 Å². The van der Waals surface area contributed by atoms with Gasteiger partial charge in [0.15, 0.2) is 0 Å². The average molecular weight is 306 g/mol. The Bertz CT molecular complexity index is 524. The van der Waals surface area contributed by atoms with Gasteiger partial charge in [0.2, 0.25) is 10.0 Å². The molecule has 0 aliphatic rings. The van der Waals surface area contributed by atoms with Gasteiger partial charge in [-0.05, 0) is 37.0 Å². The van der Waals surface area contributed by atoms with Gasteiger partial charge in [0, 0.05) is 17.8 Å². The molecule has 0 aliphatic carbocycles. The van der Waals surface area contributed by atoms with E-state index in [9.17, 15) is 12.8 Å². The minimum atomic E-state index is -3.71. The summed E-state index contributed by atoms with van der Waals surface area (Å²) >= 11 is 1.65. The van der Waals surface area contributed by atoms with Gasteiger partial charge < -0.3 is 5.73 Å². The van der Waals surface area contributed by atoms with Gasteiger partial charge in [-0.3, -0.25) is 0 Å². The van der Waals surface area contributed by atoms with Crippen LogP contribution in [0.15, 0.2) is 17.0 Å². The molecule has 7 heteroatoms. The number of hydrogen-bond acceptors (Lipinski definition) is 4. The second kappa shape index (κ2) is 6.58. The van der Waals surface area contributed by atoms with Crippen molar-refractivity contribution in [2.24, 2.45) is 5.92 Å². The molecule has 19 heavy (non-hydrogen) atoms. The van der Waals surface area contributed by atoms with Crippen LogP contribution in [-0.2, 0) is 10.0 Å². The number of hydrogen-bond donors (Lipinski definition) is 2. The van der Waals surface area contributed by atoms with E-state index in [2.05, 4.69) is 4.72 Å². The molecule has 4 nitrogen and oxygen atoms in total. The molecule has 1 atom stereocenters. The number of benzene rings is 1. The van der Waals surface area contributed by atoms with Crippen LogP contribution in [0, 0.1) is 18.7 Å². The van der Waals surface area contributed by atoms with Crippen molar-refractivity contribution in [2.45, 2.75) is 18.7 Å². The molecular weight excluding hydrogens is 287 g/mol. The first-order chi connectivity index (χ1) is 8.77. The summed E-state index contributed by atoms with van der Waals surface area (Å²) in [5.41, 5.74) is 5.98. The number of sulfonamides is 1. The Hall–Kier alpha value is -0.790. The Morgan fingerprint density at radius 2 is 2.11 bits per heavy atom. The Balaban J connectivity index is 2.89. The molecule has 0 aliphatic heterocycles. The van der Waals surface area contributed by atoms with Crippen LogP contribution in [0.1, 0.15) is 12.5 Å². The number of rotatable bonds is 6. The molecule has 0 fully saturated rings. The van der Waals surface area contributed by atoms with Crippen molar-refractivity contribution in [3.63, 3.8) is 0 Å². The van der Waals surface area contributed by atoms with E-state index >= 15 is 0 Å². The Morgan fingerprint density at radius 3 is 2.63 bits per heavy atom. The smallest absolute Gasteiger partial charge is 0.240 e. The van der Waals surface area contributed by atoms with Gasteiger partial charge in [-0.15, -0.1) is 0 Å². The predicted octanol–water partition coefficient (Wildman–Crippen LogP) is 1.99. The molecule has 0 saturated heterocycles. The molecule has 108 valence electrons. The van der Waals surface area contributed by atoms with E-state index < -0.39 is 15.8 Å². The van der Waals surface area contributed by atoms with Crippen molar-refractivity contribution in [3.05, 3.63) is 23.5 Å². The fraction of sp³-hybridized carbons (Fsp3) is 0.500. The van der Waals surface area contributed by atoms with Gasteiger partial charge in [0.25, 0.3) is 0 Å². The minimum Gasteiger partial charge on any atom is -0.398 e. The van der Waals surface area contributed by atoms with Crippen molar-refractivity contribution in [2.75, 3.05) is 24.3 Å². The van der Waals surface area contributed by atoms with Crippen molar-refractivity contribution in [3.8, 4) is 0 Å². The molecule has 0 saturated carbocycles. The van der Waals surface area contributed by atoms with Gasteiger partial charge in [-0.25, -0.2) is 17.5 Å². The maximum atomic E-state index is 13.5. The van der Waals surface area contributed by atoms with E-state index in [1.165, 1.54) is 13.0 Å². The van der Waals surface area contributed by atoms with E-state index in [1.807, 2.05) is 13.2 Å². The molecule has 1 aromatic carbocycles. The summed E-state index contributed by atoms with van der Waals surface area (Å²) in [6, 6.07) is 2.27. The molecular formula is C12H19FN2O2S2. The molecule has 1 aromatic rings. The first kappa shape index (κ1) is 16.3. The van der Waals surface area contributed by atoms with E-state index in [4.69, 9.17) is 5.73 Å². The van der Waals surface area contributed by atoms with Crippen molar-refractivity contribution >= 4 is 27.5 Å². The fourth-order valence-electron chi connectivity index (χ4n) is 1.51. The third kappa shape index (κ3) is 4.36. The number of halogens is 1. The monoisotopic (exact) mass is 306 g/mol. The minimum absolute atomic E-state index is 0.135. The Morgan fingerprint density at radius 1 is 1.47 bits per heavy atom. The van der Waals surface area contributed by atoms with Gasteiger partial charge >= 0.3 is 0 Å². The summed E-state index contributed by atoms with van der Waals surface area (Å²) in [6.45, 7) is 3.77. The van der Waals surface area contributed by atoms with Gasteiger partial charge in [0.1, 0.15) is 5.82 Å². The van der Waals surface area contributed by atoms with E-state index in [0.29, 0.717) is 6.54 Å². The SMILES string of the molecule is CSCC(C)CNS(=O)(=O)c1cc(N)c(C)c(F)c1. The molecule has 3 N–H and O–H groups in total. The lowest BCUT2D eigenvalue weighted by molar-refractivity contribution is 0.560. The molecule has 0 heterocycles. The topological polar surface area (TPSA) is 72.2 Å². The third-order valence-corrected chi connectivity index (χ3v) is 5.05. The van der Waals surface area contributed by atoms with Crippen LogP contribution in [0.25, 0.3) is 0 Å². The molecule has 0 radical (unpaired) electrons. The van der Waals surface area contributed by atoms with E-state index in [-0.39, 0.29) is 22.1 Å². The second-order valence-electron chi connectivity index (χ2n) is 4.53. The summed E-state index contributed by atoms with van der Waals surface area (Å²) in [4.78, 5) is -0.135. The summed E-state index contributed by atoms with van der Waals surface area (Å²) in [7, 11) is -3.71. The number of thioether (sulfide) groups is 1. The van der Waals surface area contributed by atoms with Crippen LogP contribution in [0.2, 0.25) is 0 Å². The zero-order valence-corrected chi connectivity index (χ0v) is 12.9. The molecule has 1 unspecified atom stereocenters. The zero-order valence-electron chi connectivity index (χ0n) is 11.2. The molecule has 0 amide bonds. The van der Waals surface area contributed by atoms with E-state index in [0.717, 1.165) is 11.8 Å². The van der Waals surface area contributed by atoms with Crippen LogP contribution in [0.4, 0.5) is 10.1 Å². The highest BCUT2D eigenvalue weighted by molar-refractivity contribution is 7.98. The van der Waals surface area contributed by atoms with Crippen molar-refractivity contribution < 1.29 is 12.8 Å². The number of anilines is 1. The molecule has 0 bridgehead atoms. The summed E-state index contributed by atoms with van der Waals surface area (Å²) in [5, 5.41) is 0. The molecule has 0 spiro atoms. The first-order valence-corrected chi connectivity index (χ1v) is 8.70. The van der Waals surface area contributed by atoms with Crippen molar-refractivity contribution in [1.29, 1.82) is 0 Å². The average Bonchev–Trinajstić information content (AvgIpc) is 2.33. The van der Waals surface area contributed by atoms with Gasteiger partial charge in [-0.2, -0.15) is 11.8 Å². The predicted molar refractivity (Wildman–Crippen MR) is 78.3 cm³/mol. The Labute approximate surface area is 118 Å². The lowest BCUT2D eigenvalue weighted by Crippen LogP contribution is -2.29. The van der Waals surface area contributed by atoms with Crippen molar-refractivity contribution in [1.82, 2.24) is 4.72 Å². The maximum absolute atomic E-state index is 13.5. The number of nitrogens with one attached hydrogen (secondary N) is 1. The summed E-state index contributed by atoms with van der Waals surface area (Å²) in [6.07, 6.45) is 1.96. The molecule has 1 rings (SSSR count). The highest BCUT2D eigenvalue weighted by Gasteiger charge is 2.18. The maximum Gasteiger partial charge on any atom is 0.240 e. The number of nitrogen functional groups attached to an aromatic ring is 1. The van der Waals surface area contributed by atoms with Gasteiger partial charge in [-0.1, -0.05) is 6.92 Å². The lowest BCUT2D eigenvalue weighted by Gasteiger charge is -2.13. The second-order valence-corrected chi connectivity index (χ2v) is 7.21. The highest BCUT2D eigenvalue weighted by Crippen LogP contribution is 2.21. The van der Waals surface area contributed by atoms with E-state index in [1.54, 1.807) is 11.8 Å². The zero-order chi connectivity index (χ0) is 14.6. The first-order valence-electron chi connectivity index (χ1n) is 5.82. The summed E-state index contributed by atoms with van der Waals surface area (Å²) < 4.78 is 40.0. The summed E-state index contributed by atoms with van der Waals surface area (Å²) in [5.74, 6) is 0.447. The quantitative estimate of drug-likeness (QED) is 0.789. The number of nitrogens with two attached hydrogens (primary N) is 1. The van der Waals surface area contributed by atoms with Crippen LogP contribution >= 0.6 is 11.8 Å². The van der Waals surface area contributed by atoms with Gasteiger partial charge in [0.05, 0.1) is 4.90 Å². The highest BCUT2D eigenvalue weighted by atomic mass is 32.2. The fourth-order valence-corrected chi connectivity index (χ4v) is 3.41. The Kier molecular flexibility index (Phi) is 5.64. The lowest BCUT2D eigenvalue weighted by atomic mass is 10.2. The van der Waals surface area contributed by atoms with Crippen LogP contribution in [-0.4, -0.2) is 27.0 Å². The third-order valence-electron chi connectivity index (χ3n) is 2.74. The van der Waals surface area contributed by atoms with Crippen LogP contribution in [0.3, 0.4) is 0 Å².